The number of allylic oxidation sites excluding steroid dienone is 2. The van der Waals surface area contributed by atoms with Crippen molar-refractivity contribution in [3.8, 4) is 0 Å². The van der Waals surface area contributed by atoms with E-state index in [1.807, 2.05) is 0 Å². The van der Waals surface area contributed by atoms with Crippen LogP contribution in [0.1, 0.15) is 112 Å². The van der Waals surface area contributed by atoms with Crippen molar-refractivity contribution in [1.82, 2.24) is 0 Å². The van der Waals surface area contributed by atoms with Crippen LogP contribution in [0.4, 0.5) is 0 Å². The summed E-state index contributed by atoms with van der Waals surface area (Å²) in [4.78, 5) is 0. The lowest BCUT2D eigenvalue weighted by Crippen LogP contribution is -2.53. The van der Waals surface area contributed by atoms with E-state index in [0.717, 1.165) is 47.3 Å². The third-order valence-corrected chi connectivity index (χ3v) is 10.8. The van der Waals surface area contributed by atoms with Gasteiger partial charge in [0, 0.05) is 0 Å². The number of hydrogen-bond acceptors (Lipinski definition) is 0. The Morgan fingerprint density at radius 3 is 2.45 bits per heavy atom. The number of hydrogen-bond donors (Lipinski definition) is 0. The molecule has 166 valence electrons. The summed E-state index contributed by atoms with van der Waals surface area (Å²) in [6.07, 6.45) is 21.8. The van der Waals surface area contributed by atoms with Crippen molar-refractivity contribution in [2.45, 2.75) is 112 Å². The first kappa shape index (κ1) is 22.0. The molecule has 29 heavy (non-hydrogen) atoms. The Morgan fingerprint density at radius 2 is 1.69 bits per heavy atom. The zero-order chi connectivity index (χ0) is 20.8. The molecule has 0 aliphatic heterocycles. The summed E-state index contributed by atoms with van der Waals surface area (Å²) in [6.45, 7) is 15.2. The van der Waals surface area contributed by atoms with Gasteiger partial charge in [-0.3, -0.25) is 0 Å². The van der Waals surface area contributed by atoms with Gasteiger partial charge < -0.3 is 0 Å². The van der Waals surface area contributed by atoms with Crippen LogP contribution in [0.25, 0.3) is 0 Å². The second-order valence-electron chi connectivity index (χ2n) is 13.2. The fraction of sp³-hybridized carbons (Fsp3) is 0.931. The third kappa shape index (κ3) is 4.13. The van der Waals surface area contributed by atoms with E-state index in [1.165, 1.54) is 70.6 Å². The highest BCUT2D eigenvalue weighted by Crippen LogP contribution is 2.64. The molecule has 0 amide bonds. The zero-order valence-electron chi connectivity index (χ0n) is 20.6. The molecule has 4 aliphatic rings. The Hall–Kier alpha value is -0.260. The lowest BCUT2D eigenvalue weighted by atomic mass is 9.43. The molecule has 0 N–H and O–H groups in total. The molecular formula is C29H50. The Balaban J connectivity index is 1.44. The van der Waals surface area contributed by atoms with E-state index in [0.29, 0.717) is 10.8 Å². The number of fused-ring (bicyclic) bond motifs is 5. The third-order valence-electron chi connectivity index (χ3n) is 10.8. The zero-order valence-corrected chi connectivity index (χ0v) is 20.6. The van der Waals surface area contributed by atoms with Gasteiger partial charge >= 0.3 is 0 Å². The van der Waals surface area contributed by atoms with Gasteiger partial charge in [0.1, 0.15) is 0 Å². The molecule has 0 radical (unpaired) electrons. The second kappa shape index (κ2) is 8.35. The Bertz CT molecular complexity index is 587. The summed E-state index contributed by atoms with van der Waals surface area (Å²) in [6, 6.07) is 0. The van der Waals surface area contributed by atoms with Gasteiger partial charge in [-0.1, -0.05) is 79.4 Å². The van der Waals surface area contributed by atoms with Crippen LogP contribution in [-0.4, -0.2) is 0 Å². The molecule has 0 nitrogen and oxygen atoms in total. The van der Waals surface area contributed by atoms with Crippen molar-refractivity contribution in [2.75, 3.05) is 0 Å². The summed E-state index contributed by atoms with van der Waals surface area (Å²) in [5.41, 5.74) is 1.22. The Kier molecular flexibility index (Phi) is 6.32. The van der Waals surface area contributed by atoms with Gasteiger partial charge in [-0.15, -0.1) is 0 Å². The summed E-state index contributed by atoms with van der Waals surface area (Å²) >= 11 is 0. The first-order chi connectivity index (χ1) is 13.7. The fourth-order valence-corrected chi connectivity index (χ4v) is 8.69. The summed E-state index contributed by atoms with van der Waals surface area (Å²) in [5, 5.41) is 0. The van der Waals surface area contributed by atoms with E-state index in [4.69, 9.17) is 0 Å². The van der Waals surface area contributed by atoms with Crippen molar-refractivity contribution in [3.05, 3.63) is 12.2 Å². The number of rotatable bonds is 5. The van der Waals surface area contributed by atoms with Gasteiger partial charge in [0.25, 0.3) is 0 Å². The van der Waals surface area contributed by atoms with Crippen LogP contribution < -0.4 is 0 Å². The van der Waals surface area contributed by atoms with Gasteiger partial charge in [0.15, 0.2) is 0 Å². The molecule has 3 fully saturated rings. The minimum Gasteiger partial charge on any atom is -0.0846 e. The van der Waals surface area contributed by atoms with Gasteiger partial charge in [-0.25, -0.2) is 0 Å². The van der Waals surface area contributed by atoms with Crippen LogP contribution in [0, 0.1) is 58.2 Å². The normalized spacial score (nSPS) is 48.0. The molecular weight excluding hydrogens is 348 g/mol. The highest BCUT2D eigenvalue weighted by Gasteiger charge is 2.56. The summed E-state index contributed by atoms with van der Waals surface area (Å²) in [5.74, 6) is 7.44. The predicted octanol–water partition coefficient (Wildman–Crippen LogP) is 8.91. The lowest BCUT2D eigenvalue weighted by Gasteiger charge is -2.61. The van der Waals surface area contributed by atoms with Gasteiger partial charge in [-0.2, -0.15) is 0 Å². The molecule has 0 aromatic heterocycles. The van der Waals surface area contributed by atoms with Gasteiger partial charge in [0.05, 0.1) is 0 Å². The second-order valence-corrected chi connectivity index (χ2v) is 13.2. The van der Waals surface area contributed by atoms with Gasteiger partial charge in [-0.05, 0) is 103 Å². The smallest absolute Gasteiger partial charge is 0.0166 e. The Morgan fingerprint density at radius 1 is 0.897 bits per heavy atom. The highest BCUT2D eigenvalue weighted by atomic mass is 14.6. The van der Waals surface area contributed by atoms with Crippen LogP contribution in [0.3, 0.4) is 0 Å². The maximum absolute atomic E-state index is 2.75. The molecule has 0 heterocycles. The molecule has 4 aliphatic carbocycles. The summed E-state index contributed by atoms with van der Waals surface area (Å²) < 4.78 is 0. The monoisotopic (exact) mass is 398 g/mol. The molecule has 0 spiro atoms. The molecule has 4 rings (SSSR count). The first-order valence-electron chi connectivity index (χ1n) is 13.4. The molecule has 0 bridgehead atoms. The van der Waals surface area contributed by atoms with E-state index in [1.54, 1.807) is 0 Å². The van der Waals surface area contributed by atoms with Crippen LogP contribution >= 0.6 is 0 Å². The average Bonchev–Trinajstić information content (AvgIpc) is 2.67. The first-order valence-corrected chi connectivity index (χ1v) is 13.4. The molecule has 9 atom stereocenters. The van der Waals surface area contributed by atoms with E-state index in [9.17, 15) is 0 Å². The van der Waals surface area contributed by atoms with E-state index >= 15 is 0 Å². The van der Waals surface area contributed by atoms with E-state index in [2.05, 4.69) is 53.7 Å². The quantitative estimate of drug-likeness (QED) is 0.405. The van der Waals surface area contributed by atoms with Crippen molar-refractivity contribution in [2.24, 2.45) is 58.2 Å². The van der Waals surface area contributed by atoms with E-state index in [-0.39, 0.29) is 0 Å². The minimum atomic E-state index is 0.605. The van der Waals surface area contributed by atoms with Crippen molar-refractivity contribution in [1.29, 1.82) is 0 Å². The van der Waals surface area contributed by atoms with Crippen LogP contribution in [0.2, 0.25) is 0 Å². The Labute approximate surface area is 182 Å². The lowest BCUT2D eigenvalue weighted by molar-refractivity contribution is -0.0927. The molecule has 0 aromatic rings. The van der Waals surface area contributed by atoms with Crippen LogP contribution in [0.5, 0.6) is 0 Å². The maximum atomic E-state index is 2.75. The van der Waals surface area contributed by atoms with Crippen LogP contribution in [0.15, 0.2) is 12.2 Å². The predicted molar refractivity (Wildman–Crippen MR) is 127 cm³/mol. The maximum Gasteiger partial charge on any atom is -0.0166 e. The van der Waals surface area contributed by atoms with Crippen molar-refractivity contribution in [3.63, 3.8) is 0 Å². The molecule has 0 aromatic carbocycles. The molecule has 9 unspecified atom stereocenters. The van der Waals surface area contributed by atoms with Gasteiger partial charge in [0.2, 0.25) is 0 Å². The van der Waals surface area contributed by atoms with Crippen molar-refractivity contribution < 1.29 is 0 Å². The SMILES string of the molecule is CC(C)CCCC(C)C1CCC2C3C=CC4CC(C)CCC4(C)C3CCC2(C)C1. The van der Waals surface area contributed by atoms with E-state index < -0.39 is 0 Å². The molecule has 0 heteroatoms. The van der Waals surface area contributed by atoms with Crippen LogP contribution in [-0.2, 0) is 0 Å². The molecule has 0 saturated heterocycles. The topological polar surface area (TPSA) is 0 Å². The highest BCUT2D eigenvalue weighted by molar-refractivity contribution is 5.16. The average molecular weight is 399 g/mol. The van der Waals surface area contributed by atoms with Crippen molar-refractivity contribution >= 4 is 0 Å². The minimum absolute atomic E-state index is 0.605. The summed E-state index contributed by atoms with van der Waals surface area (Å²) in [7, 11) is 0. The molecule has 3 saturated carbocycles. The fourth-order valence-electron chi connectivity index (χ4n) is 8.69. The largest absolute Gasteiger partial charge is 0.0846 e. The standard InChI is InChI=1S/C29H50/c1-20(2)8-7-9-22(4)23-10-13-26-25-12-11-24-18-21(3)14-17-29(24,6)27(25)15-16-28(26,5)19-23/h11-12,20-27H,7-10,13-19H2,1-6H3.